The van der Waals surface area contributed by atoms with E-state index in [4.69, 9.17) is 16.3 Å². The van der Waals surface area contributed by atoms with Gasteiger partial charge in [-0.2, -0.15) is 0 Å². The van der Waals surface area contributed by atoms with E-state index in [1.54, 1.807) is 0 Å². The molecule has 0 spiro atoms. The number of aliphatic hydroxyl groups is 1. The molecule has 26 heavy (non-hydrogen) atoms. The van der Waals surface area contributed by atoms with Gasteiger partial charge in [-0.1, -0.05) is 48.0 Å². The van der Waals surface area contributed by atoms with Gasteiger partial charge in [0.15, 0.2) is 0 Å². The third-order valence-electron chi connectivity index (χ3n) is 4.93. The average molecular weight is 376 g/mol. The van der Waals surface area contributed by atoms with Crippen molar-refractivity contribution >= 4 is 17.3 Å². The first kappa shape index (κ1) is 19.2. The van der Waals surface area contributed by atoms with Crippen LogP contribution in [0.2, 0.25) is 5.02 Å². The number of aryl methyl sites for hydroxylation is 1. The normalized spacial score (nSPS) is 16.7. The smallest absolute Gasteiger partial charge is 0.126 e. The first-order chi connectivity index (χ1) is 12.6. The fourth-order valence-corrected chi connectivity index (χ4v) is 3.64. The summed E-state index contributed by atoms with van der Waals surface area (Å²) in [6.45, 7) is 7.78. The Morgan fingerprint density at radius 1 is 1.15 bits per heavy atom. The molecule has 4 nitrogen and oxygen atoms in total. The molecule has 0 aliphatic carbocycles. The van der Waals surface area contributed by atoms with Crippen molar-refractivity contribution in [2.45, 2.75) is 19.6 Å². The van der Waals surface area contributed by atoms with Gasteiger partial charge in [-0.25, -0.2) is 0 Å². The number of nitrogens with zero attached hydrogens (tertiary/aromatic N) is 1. The van der Waals surface area contributed by atoms with Gasteiger partial charge < -0.3 is 19.6 Å². The number of anilines is 1. The maximum Gasteiger partial charge on any atom is 0.126 e. The van der Waals surface area contributed by atoms with Gasteiger partial charge in [-0.15, -0.1) is 0 Å². The van der Waals surface area contributed by atoms with E-state index < -0.39 is 6.10 Å². The minimum Gasteiger partial charge on any atom is -0.385 e. The maximum atomic E-state index is 10.3. The number of piperazine rings is 1. The van der Waals surface area contributed by atoms with Gasteiger partial charge in [0.05, 0.1) is 39.4 Å². The minimum absolute atomic E-state index is 0.384. The van der Waals surface area contributed by atoms with E-state index in [1.165, 1.54) is 16.2 Å². The predicted molar refractivity (Wildman–Crippen MR) is 106 cm³/mol. The van der Waals surface area contributed by atoms with E-state index in [-0.39, 0.29) is 0 Å². The van der Waals surface area contributed by atoms with E-state index in [2.05, 4.69) is 17.9 Å². The van der Waals surface area contributed by atoms with Crippen LogP contribution in [-0.2, 0) is 11.3 Å². The van der Waals surface area contributed by atoms with Crippen molar-refractivity contribution in [3.63, 3.8) is 0 Å². The first-order valence-electron chi connectivity index (χ1n) is 9.26. The molecule has 2 N–H and O–H groups in total. The lowest BCUT2D eigenvalue weighted by molar-refractivity contribution is -0.903. The molecule has 3 rings (SSSR count). The van der Waals surface area contributed by atoms with Crippen molar-refractivity contribution in [3.8, 4) is 0 Å². The summed E-state index contributed by atoms with van der Waals surface area (Å²) < 4.78 is 5.65. The SMILES string of the molecule is Cc1ccc(Cl)cc1N1CC[NH+](C[C@@H](O)COCc2ccccc2)CC1. The Kier molecular flexibility index (Phi) is 6.92. The highest BCUT2D eigenvalue weighted by atomic mass is 35.5. The Bertz CT molecular complexity index is 688. The standard InChI is InChI=1S/C21H27ClN2O2/c1-17-7-8-19(22)13-21(17)24-11-9-23(10-12-24)14-20(25)16-26-15-18-5-3-2-4-6-18/h2-8,13,20,25H,9-12,14-16H2,1H3/p+1/t20-/m1/s1. The van der Waals surface area contributed by atoms with Crippen molar-refractivity contribution in [2.24, 2.45) is 0 Å². The monoisotopic (exact) mass is 375 g/mol. The molecule has 1 heterocycles. The minimum atomic E-state index is -0.423. The van der Waals surface area contributed by atoms with Crippen molar-refractivity contribution in [3.05, 3.63) is 64.7 Å². The zero-order valence-corrected chi connectivity index (χ0v) is 16.1. The summed E-state index contributed by atoms with van der Waals surface area (Å²) in [5.41, 5.74) is 3.62. The second kappa shape index (κ2) is 9.38. The van der Waals surface area contributed by atoms with Crippen molar-refractivity contribution < 1.29 is 14.7 Å². The fourth-order valence-electron chi connectivity index (χ4n) is 3.47. The van der Waals surface area contributed by atoms with Crippen molar-refractivity contribution in [1.82, 2.24) is 0 Å². The molecule has 2 aromatic carbocycles. The van der Waals surface area contributed by atoms with Crippen LogP contribution in [0.25, 0.3) is 0 Å². The lowest BCUT2D eigenvalue weighted by Crippen LogP contribution is -3.16. The van der Waals surface area contributed by atoms with Crippen LogP contribution in [0.4, 0.5) is 5.69 Å². The molecule has 1 saturated heterocycles. The fraction of sp³-hybridized carbons (Fsp3) is 0.429. The second-order valence-corrected chi connectivity index (χ2v) is 7.46. The maximum absolute atomic E-state index is 10.3. The quantitative estimate of drug-likeness (QED) is 0.776. The van der Waals surface area contributed by atoms with Crippen LogP contribution < -0.4 is 9.80 Å². The summed E-state index contributed by atoms with van der Waals surface area (Å²) in [6, 6.07) is 16.1. The van der Waals surface area contributed by atoms with Gasteiger partial charge in [0.25, 0.3) is 0 Å². The highest BCUT2D eigenvalue weighted by Crippen LogP contribution is 2.24. The summed E-state index contributed by atoms with van der Waals surface area (Å²) in [5, 5.41) is 11.0. The lowest BCUT2D eigenvalue weighted by atomic mass is 10.1. The molecule has 1 fully saturated rings. The van der Waals surface area contributed by atoms with E-state index in [0.29, 0.717) is 13.2 Å². The molecule has 2 aromatic rings. The number of hydrogen-bond donors (Lipinski definition) is 2. The molecule has 1 aliphatic heterocycles. The lowest BCUT2D eigenvalue weighted by Gasteiger charge is -2.35. The van der Waals surface area contributed by atoms with Crippen LogP contribution in [0.1, 0.15) is 11.1 Å². The highest BCUT2D eigenvalue weighted by molar-refractivity contribution is 6.30. The number of halogens is 1. The molecule has 5 heteroatoms. The third kappa shape index (κ3) is 5.45. The van der Waals surface area contributed by atoms with E-state index >= 15 is 0 Å². The number of aliphatic hydroxyl groups excluding tert-OH is 1. The van der Waals surface area contributed by atoms with E-state index in [1.807, 2.05) is 42.5 Å². The van der Waals surface area contributed by atoms with Crippen LogP contribution >= 0.6 is 11.6 Å². The molecule has 140 valence electrons. The first-order valence-corrected chi connectivity index (χ1v) is 9.64. The number of nitrogens with one attached hydrogen (secondary N) is 1. The molecule has 0 amide bonds. The number of quaternary nitrogens is 1. The number of hydrogen-bond acceptors (Lipinski definition) is 3. The van der Waals surface area contributed by atoms with Gasteiger partial charge >= 0.3 is 0 Å². The Morgan fingerprint density at radius 2 is 1.88 bits per heavy atom. The summed E-state index contributed by atoms with van der Waals surface area (Å²) in [6.07, 6.45) is -0.423. The number of ether oxygens (including phenoxy) is 1. The molecular weight excluding hydrogens is 348 g/mol. The summed E-state index contributed by atoms with van der Waals surface area (Å²) >= 11 is 6.15. The summed E-state index contributed by atoms with van der Waals surface area (Å²) in [7, 11) is 0. The summed E-state index contributed by atoms with van der Waals surface area (Å²) in [5.74, 6) is 0. The van der Waals surface area contributed by atoms with Crippen LogP contribution in [0.3, 0.4) is 0 Å². The number of rotatable bonds is 7. The van der Waals surface area contributed by atoms with E-state index in [9.17, 15) is 5.11 Å². The Morgan fingerprint density at radius 3 is 2.62 bits per heavy atom. The van der Waals surface area contributed by atoms with Gasteiger partial charge in [-0.05, 0) is 30.2 Å². The molecule has 0 radical (unpaired) electrons. The van der Waals surface area contributed by atoms with Gasteiger partial charge in [-0.3, -0.25) is 0 Å². The Balaban J connectivity index is 1.40. The zero-order chi connectivity index (χ0) is 18.4. The topological polar surface area (TPSA) is 37.1 Å². The largest absolute Gasteiger partial charge is 0.385 e. The molecule has 0 aromatic heterocycles. The molecular formula is C21H28ClN2O2+. The molecule has 1 atom stereocenters. The van der Waals surface area contributed by atoms with Crippen molar-refractivity contribution in [2.75, 3.05) is 44.2 Å². The van der Waals surface area contributed by atoms with Crippen LogP contribution in [0, 0.1) is 6.92 Å². The second-order valence-electron chi connectivity index (χ2n) is 7.03. The highest BCUT2D eigenvalue weighted by Gasteiger charge is 2.23. The zero-order valence-electron chi connectivity index (χ0n) is 15.3. The Labute approximate surface area is 160 Å². The average Bonchev–Trinajstić information content (AvgIpc) is 2.65. The van der Waals surface area contributed by atoms with Crippen molar-refractivity contribution in [1.29, 1.82) is 0 Å². The predicted octanol–water partition coefficient (Wildman–Crippen LogP) is 1.93. The Hall–Kier alpha value is -1.59. The van der Waals surface area contributed by atoms with Crippen LogP contribution in [-0.4, -0.2) is 50.5 Å². The third-order valence-corrected chi connectivity index (χ3v) is 5.16. The summed E-state index contributed by atoms with van der Waals surface area (Å²) in [4.78, 5) is 3.82. The number of benzene rings is 2. The van der Waals surface area contributed by atoms with Crippen LogP contribution in [0.5, 0.6) is 0 Å². The molecule has 0 unspecified atom stereocenters. The van der Waals surface area contributed by atoms with Gasteiger partial charge in [0, 0.05) is 10.7 Å². The van der Waals surface area contributed by atoms with Gasteiger partial charge in [0.2, 0.25) is 0 Å². The van der Waals surface area contributed by atoms with E-state index in [0.717, 1.165) is 43.3 Å². The molecule has 0 saturated carbocycles. The molecule has 0 bridgehead atoms. The van der Waals surface area contributed by atoms with Gasteiger partial charge in [0.1, 0.15) is 12.6 Å². The van der Waals surface area contributed by atoms with Crippen LogP contribution in [0.15, 0.2) is 48.5 Å². The molecule has 1 aliphatic rings.